The summed E-state index contributed by atoms with van der Waals surface area (Å²) in [5.74, 6) is 0.888. The van der Waals surface area contributed by atoms with E-state index in [-0.39, 0.29) is 0 Å². The molecule has 4 rings (SSSR count). The predicted octanol–water partition coefficient (Wildman–Crippen LogP) is 2.73. The molecule has 4 heteroatoms. The van der Waals surface area contributed by atoms with Gasteiger partial charge in [0.05, 0.1) is 0 Å². The van der Waals surface area contributed by atoms with Gasteiger partial charge in [0.25, 0.3) is 0 Å². The lowest BCUT2D eigenvalue weighted by atomic mass is 9.89. The van der Waals surface area contributed by atoms with E-state index in [9.17, 15) is 4.79 Å². The van der Waals surface area contributed by atoms with Crippen molar-refractivity contribution in [1.29, 1.82) is 0 Å². The Morgan fingerprint density at radius 1 is 1.04 bits per heavy atom. The first kappa shape index (κ1) is 18.0. The fraction of sp³-hybridized carbons (Fsp3) is 0.682. The van der Waals surface area contributed by atoms with E-state index in [1.54, 1.807) is 0 Å². The summed E-state index contributed by atoms with van der Waals surface area (Å²) in [5, 5.41) is 6.99. The first-order valence-electron chi connectivity index (χ1n) is 10.6. The molecule has 3 aliphatic heterocycles. The molecule has 3 aliphatic rings. The molecule has 0 spiro atoms. The molecule has 1 aromatic carbocycles. The maximum Gasteiger partial charge on any atom is 0.220 e. The number of carbonyl (C=O) groups is 1. The summed E-state index contributed by atoms with van der Waals surface area (Å²) in [4.78, 5) is 15.0. The number of hydrogen-bond acceptors (Lipinski definition) is 3. The number of fused-ring (bicyclic) bond motifs is 2. The number of likely N-dealkylation sites (tertiary alicyclic amines) is 1. The van der Waals surface area contributed by atoms with Crippen LogP contribution in [0.15, 0.2) is 30.3 Å². The topological polar surface area (TPSA) is 44.4 Å². The molecule has 0 saturated carbocycles. The highest BCUT2D eigenvalue weighted by atomic mass is 16.1. The van der Waals surface area contributed by atoms with Crippen LogP contribution in [0.1, 0.15) is 50.5 Å². The van der Waals surface area contributed by atoms with Gasteiger partial charge in [0.15, 0.2) is 0 Å². The number of amides is 1. The van der Waals surface area contributed by atoms with Crippen molar-refractivity contribution < 1.29 is 4.79 Å². The van der Waals surface area contributed by atoms with Gasteiger partial charge >= 0.3 is 0 Å². The number of nitrogens with zero attached hydrogens (tertiary/aromatic N) is 1. The van der Waals surface area contributed by atoms with E-state index >= 15 is 0 Å². The highest BCUT2D eigenvalue weighted by molar-refractivity contribution is 5.76. The SMILES string of the molecule is O=C(CC1CC2CCC(C1)N2)NC1CCN(CCc2ccccc2)CC1. The van der Waals surface area contributed by atoms with Gasteiger partial charge in [-0.25, -0.2) is 0 Å². The molecule has 3 fully saturated rings. The van der Waals surface area contributed by atoms with Crippen molar-refractivity contribution in [3.05, 3.63) is 35.9 Å². The molecule has 142 valence electrons. The van der Waals surface area contributed by atoms with Crippen LogP contribution in [-0.2, 0) is 11.2 Å². The first-order chi connectivity index (χ1) is 12.7. The fourth-order valence-corrected chi connectivity index (χ4v) is 5.12. The van der Waals surface area contributed by atoms with Crippen LogP contribution in [0.5, 0.6) is 0 Å². The Morgan fingerprint density at radius 3 is 2.42 bits per heavy atom. The van der Waals surface area contributed by atoms with Gasteiger partial charge in [0.1, 0.15) is 0 Å². The normalized spacial score (nSPS) is 29.6. The van der Waals surface area contributed by atoms with Crippen LogP contribution >= 0.6 is 0 Å². The van der Waals surface area contributed by atoms with Crippen molar-refractivity contribution in [1.82, 2.24) is 15.5 Å². The summed E-state index contributed by atoms with van der Waals surface area (Å²) in [5.41, 5.74) is 1.42. The monoisotopic (exact) mass is 355 g/mol. The van der Waals surface area contributed by atoms with Crippen molar-refractivity contribution in [2.45, 2.75) is 69.5 Å². The van der Waals surface area contributed by atoms with Gasteiger partial charge in [-0.2, -0.15) is 0 Å². The van der Waals surface area contributed by atoms with Crippen LogP contribution in [0.4, 0.5) is 0 Å². The Bertz CT molecular complexity index is 570. The van der Waals surface area contributed by atoms with Gasteiger partial charge in [-0.3, -0.25) is 4.79 Å². The molecular formula is C22H33N3O. The second-order valence-corrected chi connectivity index (χ2v) is 8.60. The predicted molar refractivity (Wildman–Crippen MR) is 105 cm³/mol. The van der Waals surface area contributed by atoms with Gasteiger partial charge in [-0.1, -0.05) is 30.3 Å². The summed E-state index contributed by atoms with van der Waals surface area (Å²) in [6.07, 6.45) is 9.06. The first-order valence-corrected chi connectivity index (χ1v) is 10.6. The summed E-state index contributed by atoms with van der Waals surface area (Å²) in [6, 6.07) is 12.5. The minimum absolute atomic E-state index is 0.291. The Labute approximate surface area is 157 Å². The molecule has 2 unspecified atom stereocenters. The van der Waals surface area contributed by atoms with Gasteiger partial charge < -0.3 is 15.5 Å². The van der Waals surface area contributed by atoms with E-state index in [0.717, 1.165) is 45.3 Å². The lowest BCUT2D eigenvalue weighted by molar-refractivity contribution is -0.123. The Kier molecular flexibility index (Phi) is 5.91. The van der Waals surface area contributed by atoms with Crippen molar-refractivity contribution in [3.8, 4) is 0 Å². The van der Waals surface area contributed by atoms with Crippen LogP contribution in [0.25, 0.3) is 0 Å². The maximum absolute atomic E-state index is 12.5. The van der Waals surface area contributed by atoms with Crippen molar-refractivity contribution in [2.75, 3.05) is 19.6 Å². The molecule has 2 bridgehead atoms. The van der Waals surface area contributed by atoms with Gasteiger partial charge in [0.2, 0.25) is 5.91 Å². The smallest absolute Gasteiger partial charge is 0.220 e. The summed E-state index contributed by atoms with van der Waals surface area (Å²) < 4.78 is 0. The number of carbonyl (C=O) groups excluding carboxylic acids is 1. The van der Waals surface area contributed by atoms with E-state index < -0.39 is 0 Å². The standard InChI is InChI=1S/C22H33N3O/c26-22(16-18-14-20-6-7-21(15-18)23-20)24-19-9-12-25(13-10-19)11-8-17-4-2-1-3-5-17/h1-5,18-21,23H,6-16H2,(H,24,26). The Balaban J connectivity index is 1.14. The van der Waals surface area contributed by atoms with Crippen LogP contribution < -0.4 is 10.6 Å². The van der Waals surface area contributed by atoms with Crippen molar-refractivity contribution in [2.24, 2.45) is 5.92 Å². The minimum atomic E-state index is 0.291. The maximum atomic E-state index is 12.5. The van der Waals surface area contributed by atoms with E-state index in [0.29, 0.717) is 30.0 Å². The number of piperidine rings is 2. The van der Waals surface area contributed by atoms with Crippen molar-refractivity contribution >= 4 is 5.91 Å². The second kappa shape index (κ2) is 8.53. The van der Waals surface area contributed by atoms with E-state index in [2.05, 4.69) is 45.9 Å². The zero-order chi connectivity index (χ0) is 17.8. The molecular weight excluding hydrogens is 322 g/mol. The molecule has 1 aromatic rings. The van der Waals surface area contributed by atoms with Crippen LogP contribution in [-0.4, -0.2) is 48.6 Å². The lowest BCUT2D eigenvalue weighted by Crippen LogP contribution is -2.46. The zero-order valence-corrected chi connectivity index (χ0v) is 15.8. The number of rotatable bonds is 6. The third-order valence-electron chi connectivity index (χ3n) is 6.56. The average Bonchev–Trinajstić information content (AvgIpc) is 3.00. The summed E-state index contributed by atoms with van der Waals surface area (Å²) in [7, 11) is 0. The molecule has 3 heterocycles. The third-order valence-corrected chi connectivity index (χ3v) is 6.56. The van der Waals surface area contributed by atoms with E-state index in [4.69, 9.17) is 0 Å². The number of nitrogens with one attached hydrogen (secondary N) is 2. The summed E-state index contributed by atoms with van der Waals surface area (Å²) in [6.45, 7) is 3.34. The molecule has 0 aliphatic carbocycles. The fourth-order valence-electron chi connectivity index (χ4n) is 5.12. The van der Waals surface area contributed by atoms with Gasteiger partial charge in [0, 0.05) is 44.2 Å². The van der Waals surface area contributed by atoms with Gasteiger partial charge in [-0.15, -0.1) is 0 Å². The highest BCUT2D eigenvalue weighted by Crippen LogP contribution is 2.32. The molecule has 0 aromatic heterocycles. The molecule has 0 radical (unpaired) electrons. The lowest BCUT2D eigenvalue weighted by Gasteiger charge is -2.33. The molecule has 2 atom stereocenters. The van der Waals surface area contributed by atoms with E-state index in [1.165, 1.54) is 31.2 Å². The molecule has 1 amide bonds. The van der Waals surface area contributed by atoms with Crippen LogP contribution in [0, 0.1) is 5.92 Å². The number of benzene rings is 1. The largest absolute Gasteiger partial charge is 0.353 e. The average molecular weight is 356 g/mol. The highest BCUT2D eigenvalue weighted by Gasteiger charge is 2.34. The molecule has 3 saturated heterocycles. The Hall–Kier alpha value is -1.39. The Morgan fingerprint density at radius 2 is 1.73 bits per heavy atom. The van der Waals surface area contributed by atoms with E-state index in [1.807, 2.05) is 0 Å². The quantitative estimate of drug-likeness (QED) is 0.825. The third kappa shape index (κ3) is 4.86. The number of hydrogen-bond donors (Lipinski definition) is 2. The molecule has 26 heavy (non-hydrogen) atoms. The minimum Gasteiger partial charge on any atom is -0.353 e. The van der Waals surface area contributed by atoms with Crippen molar-refractivity contribution in [3.63, 3.8) is 0 Å². The molecule has 2 N–H and O–H groups in total. The van der Waals surface area contributed by atoms with Crippen LogP contribution in [0.2, 0.25) is 0 Å². The zero-order valence-electron chi connectivity index (χ0n) is 15.8. The summed E-state index contributed by atoms with van der Waals surface area (Å²) >= 11 is 0. The second-order valence-electron chi connectivity index (χ2n) is 8.60. The van der Waals surface area contributed by atoms with Crippen LogP contribution in [0.3, 0.4) is 0 Å². The van der Waals surface area contributed by atoms with Gasteiger partial charge in [-0.05, 0) is 56.4 Å². The molecule has 4 nitrogen and oxygen atoms in total.